The fourth-order valence-corrected chi connectivity index (χ4v) is 10.7. The third-order valence-electron chi connectivity index (χ3n) is 12.3. The highest BCUT2D eigenvalue weighted by atomic mass is 32.2. The lowest BCUT2D eigenvalue weighted by Crippen LogP contribution is -2.73. The van der Waals surface area contributed by atoms with E-state index in [0.29, 0.717) is 28.0 Å². The van der Waals surface area contributed by atoms with E-state index >= 15 is 0 Å². The van der Waals surface area contributed by atoms with Gasteiger partial charge in [0.05, 0.1) is 16.6 Å². The Morgan fingerprint density at radius 2 is 1.19 bits per heavy atom. The number of ether oxygens (including phenoxy) is 2. The van der Waals surface area contributed by atoms with Crippen LogP contribution in [0.2, 0.25) is 0 Å². The van der Waals surface area contributed by atoms with E-state index in [9.17, 15) is 28.2 Å². The molecule has 0 bridgehead atoms. The molecule has 6 aromatic carbocycles. The Hall–Kier alpha value is -7.90. The molecule has 2 fully saturated rings. The molecule has 3 atom stereocenters. The quantitative estimate of drug-likeness (QED) is 0.0537. The van der Waals surface area contributed by atoms with Crippen molar-refractivity contribution < 1.29 is 37.7 Å². The number of hydrogen-bond donors (Lipinski definition) is 2. The first-order valence-electron chi connectivity index (χ1n) is 22.7. The van der Waals surface area contributed by atoms with E-state index in [-0.39, 0.29) is 41.8 Å². The third-order valence-corrected chi connectivity index (χ3v) is 13.9. The second kappa shape index (κ2) is 19.4. The maximum Gasteiger partial charge on any atom is 0.408 e. The summed E-state index contributed by atoms with van der Waals surface area (Å²) in [6.45, 7) is 5.33. The molecular weight excluding hydrogens is 889 g/mol. The number of rotatable bonds is 12. The monoisotopic (exact) mass is 938 g/mol. The second-order valence-corrected chi connectivity index (χ2v) is 19.5. The number of carbonyl (C=O) groups is 5. The van der Waals surface area contributed by atoms with Crippen LogP contribution in [0.5, 0.6) is 0 Å². The smallest absolute Gasteiger partial charge is 0.408 e. The molecular formula is C56H50N4O8S. The van der Waals surface area contributed by atoms with E-state index in [1.54, 1.807) is 49.9 Å². The van der Waals surface area contributed by atoms with E-state index < -0.39 is 57.4 Å². The van der Waals surface area contributed by atoms with Crippen molar-refractivity contribution in [3.8, 4) is 0 Å². The SMILES string of the molecule is CC(C)(C)OC(=O)NC1C(=O)N2C(C(=O)OC(c3ccccc3)c3ccccc3)=C(/C=C3\CCN(c4ccc(C(=O)NC(c5ccccc5)(c5ccccc5)c5ccccc5)cc4)C3=O)CS(=O)C12. The van der Waals surface area contributed by atoms with Crippen molar-refractivity contribution >= 4 is 46.3 Å². The number of nitrogens with one attached hydrogen (secondary N) is 2. The molecule has 0 saturated carbocycles. The first-order chi connectivity index (χ1) is 33.3. The summed E-state index contributed by atoms with van der Waals surface area (Å²) in [6.07, 6.45) is 0.0631. The minimum Gasteiger partial charge on any atom is -0.448 e. The first kappa shape index (κ1) is 46.2. The van der Waals surface area contributed by atoms with Gasteiger partial charge in [0.1, 0.15) is 28.3 Å². The zero-order valence-electron chi connectivity index (χ0n) is 38.2. The van der Waals surface area contributed by atoms with E-state index in [1.807, 2.05) is 152 Å². The molecule has 0 aliphatic carbocycles. The molecule has 348 valence electrons. The second-order valence-electron chi connectivity index (χ2n) is 18.0. The molecule has 69 heavy (non-hydrogen) atoms. The van der Waals surface area contributed by atoms with Crippen LogP contribution in [0.3, 0.4) is 0 Å². The number of allylic oxidation sites excluding steroid dienone is 1. The van der Waals surface area contributed by atoms with Crippen LogP contribution in [-0.4, -0.2) is 68.2 Å². The van der Waals surface area contributed by atoms with Crippen LogP contribution < -0.4 is 15.5 Å². The molecule has 0 spiro atoms. The lowest BCUT2D eigenvalue weighted by Gasteiger charge is -2.49. The zero-order valence-corrected chi connectivity index (χ0v) is 39.1. The van der Waals surface area contributed by atoms with Crippen molar-refractivity contribution in [3.05, 3.63) is 232 Å². The molecule has 3 heterocycles. The number of esters is 1. The summed E-state index contributed by atoms with van der Waals surface area (Å²) in [7, 11) is -1.82. The lowest BCUT2D eigenvalue weighted by atomic mass is 9.77. The van der Waals surface area contributed by atoms with Crippen LogP contribution in [0.1, 0.15) is 71.5 Å². The fourth-order valence-electron chi connectivity index (χ4n) is 9.11. The van der Waals surface area contributed by atoms with Crippen LogP contribution in [0.25, 0.3) is 0 Å². The van der Waals surface area contributed by atoms with Crippen molar-refractivity contribution in [1.29, 1.82) is 0 Å². The van der Waals surface area contributed by atoms with Gasteiger partial charge in [0.25, 0.3) is 17.7 Å². The highest BCUT2D eigenvalue weighted by molar-refractivity contribution is 7.86. The molecule has 6 aromatic rings. The number of anilines is 1. The molecule has 13 heteroatoms. The molecule has 12 nitrogen and oxygen atoms in total. The molecule has 2 saturated heterocycles. The van der Waals surface area contributed by atoms with Crippen molar-refractivity contribution in [3.63, 3.8) is 0 Å². The topological polar surface area (TPSA) is 151 Å². The van der Waals surface area contributed by atoms with Crippen LogP contribution in [0, 0.1) is 0 Å². The summed E-state index contributed by atoms with van der Waals surface area (Å²) in [4.78, 5) is 72.8. The number of β-lactam (4-membered cyclic amide) rings is 1. The van der Waals surface area contributed by atoms with Crippen molar-refractivity contribution in [2.45, 2.75) is 55.9 Å². The summed E-state index contributed by atoms with van der Waals surface area (Å²) >= 11 is 0. The van der Waals surface area contributed by atoms with Gasteiger partial charge in [-0.05, 0) is 90.9 Å². The molecule has 3 unspecified atom stereocenters. The largest absolute Gasteiger partial charge is 0.448 e. The molecule has 4 amide bonds. The summed E-state index contributed by atoms with van der Waals surface area (Å²) in [5.74, 6) is -2.43. The van der Waals surface area contributed by atoms with Gasteiger partial charge in [-0.1, -0.05) is 152 Å². The average molecular weight is 939 g/mol. The highest BCUT2D eigenvalue weighted by Gasteiger charge is 2.58. The molecule has 0 radical (unpaired) electrons. The minimum absolute atomic E-state index is 0.157. The number of nitrogens with zero attached hydrogens (tertiary/aromatic N) is 2. The molecule has 0 aromatic heterocycles. The van der Waals surface area contributed by atoms with Crippen LogP contribution >= 0.6 is 0 Å². The third kappa shape index (κ3) is 9.38. The highest BCUT2D eigenvalue weighted by Crippen LogP contribution is 2.40. The van der Waals surface area contributed by atoms with E-state index in [4.69, 9.17) is 9.47 Å². The van der Waals surface area contributed by atoms with Gasteiger partial charge in [-0.3, -0.25) is 23.5 Å². The Kier molecular flexibility index (Phi) is 13.0. The Balaban J connectivity index is 1.01. The Morgan fingerprint density at radius 1 is 0.696 bits per heavy atom. The number of carbonyl (C=O) groups excluding carboxylic acids is 5. The Bertz CT molecular complexity index is 2840. The maximum absolute atomic E-state index is 14.6. The van der Waals surface area contributed by atoms with Gasteiger partial charge < -0.3 is 25.0 Å². The molecule has 3 aliphatic heterocycles. The van der Waals surface area contributed by atoms with Crippen LogP contribution in [0.4, 0.5) is 10.5 Å². The van der Waals surface area contributed by atoms with Gasteiger partial charge in [0, 0.05) is 23.4 Å². The van der Waals surface area contributed by atoms with Crippen molar-refractivity contribution in [2.24, 2.45) is 0 Å². The Morgan fingerprint density at radius 3 is 1.68 bits per heavy atom. The normalized spacial score (nSPS) is 18.7. The van der Waals surface area contributed by atoms with E-state index in [0.717, 1.165) is 21.6 Å². The molecule has 3 aliphatic rings. The van der Waals surface area contributed by atoms with Gasteiger partial charge in [-0.25, -0.2) is 9.59 Å². The summed E-state index contributed by atoms with van der Waals surface area (Å²) < 4.78 is 25.7. The number of amides is 4. The molecule has 2 N–H and O–H groups in total. The first-order valence-corrected chi connectivity index (χ1v) is 24.1. The number of hydrogen-bond acceptors (Lipinski definition) is 8. The van der Waals surface area contributed by atoms with E-state index in [1.165, 1.54) is 6.08 Å². The fraction of sp³-hybridized carbons (Fsp3) is 0.196. The maximum atomic E-state index is 14.6. The lowest BCUT2D eigenvalue weighted by molar-refractivity contribution is -0.153. The number of alkyl carbamates (subject to hydrolysis) is 1. The average Bonchev–Trinajstić information content (AvgIpc) is 3.73. The van der Waals surface area contributed by atoms with Gasteiger partial charge in [0.15, 0.2) is 6.10 Å². The van der Waals surface area contributed by atoms with Gasteiger partial charge in [0.2, 0.25) is 0 Å². The Labute approximate surface area is 403 Å². The predicted molar refractivity (Wildman–Crippen MR) is 263 cm³/mol. The number of benzene rings is 6. The summed E-state index contributed by atoms with van der Waals surface area (Å²) in [6, 6.07) is 53.3. The predicted octanol–water partition coefficient (Wildman–Crippen LogP) is 8.48. The molecule has 9 rings (SSSR count). The van der Waals surface area contributed by atoms with Crippen molar-refractivity contribution in [2.75, 3.05) is 17.2 Å². The summed E-state index contributed by atoms with van der Waals surface area (Å²) in [5.41, 5.74) is 3.37. The van der Waals surface area contributed by atoms with Gasteiger partial charge in [-0.2, -0.15) is 0 Å². The van der Waals surface area contributed by atoms with Crippen LogP contribution in [0.15, 0.2) is 199 Å². The minimum atomic E-state index is -1.82. The van der Waals surface area contributed by atoms with Gasteiger partial charge >= 0.3 is 12.1 Å². The van der Waals surface area contributed by atoms with Crippen molar-refractivity contribution in [1.82, 2.24) is 15.5 Å². The van der Waals surface area contributed by atoms with E-state index in [2.05, 4.69) is 10.6 Å². The summed E-state index contributed by atoms with van der Waals surface area (Å²) in [5, 5.41) is 4.83. The number of fused-ring (bicyclic) bond motifs is 1. The standard InChI is InChI=1S/C56H50N4O8S/c1-55(2,3)68-54(65)57-46-51(63)60-47(53(64)67-48(37-19-9-4-10-20-37)38-21-11-5-12-22-38)41(36-69(66)52(46)60)35-40-33-34-59(50(40)62)45-31-29-39(30-32-45)49(61)58-56(42-23-13-6-14-24-42,43-25-15-7-16-26-43)44-27-17-8-18-28-44/h4-32,35,46,48,52H,33-34,36H2,1-3H3,(H,57,65)(H,58,61)/b40-35+. The van der Waals surface area contributed by atoms with Gasteiger partial charge in [-0.15, -0.1) is 0 Å². The zero-order chi connectivity index (χ0) is 48.3. The van der Waals surface area contributed by atoms with Crippen LogP contribution in [-0.2, 0) is 40.2 Å².